The first-order valence-corrected chi connectivity index (χ1v) is 11.6. The summed E-state index contributed by atoms with van der Waals surface area (Å²) >= 11 is 0. The van der Waals surface area contributed by atoms with Gasteiger partial charge in [-0.3, -0.25) is 0 Å². The Kier molecular flexibility index (Phi) is 5.34. The van der Waals surface area contributed by atoms with Crippen LogP contribution in [-0.4, -0.2) is 31.5 Å². The number of rotatable bonds is 5. The SMILES string of the molecule is Cc1ccc(S(=O)(=O)N2[C@@H](CC(C)C)[C@H]3OCC[C@H]3[C@@H]2c2ccccc2)cc1. The fourth-order valence-corrected chi connectivity index (χ4v) is 6.69. The molecule has 28 heavy (non-hydrogen) atoms. The van der Waals surface area contributed by atoms with Gasteiger partial charge in [-0.15, -0.1) is 0 Å². The van der Waals surface area contributed by atoms with Gasteiger partial charge in [0.05, 0.1) is 23.1 Å². The van der Waals surface area contributed by atoms with Crippen LogP contribution in [0, 0.1) is 18.8 Å². The summed E-state index contributed by atoms with van der Waals surface area (Å²) in [6, 6.07) is 17.0. The fourth-order valence-electron chi connectivity index (χ4n) is 4.83. The summed E-state index contributed by atoms with van der Waals surface area (Å²) in [7, 11) is -3.64. The average Bonchev–Trinajstić information content (AvgIpc) is 3.24. The van der Waals surface area contributed by atoms with Gasteiger partial charge in [0.15, 0.2) is 0 Å². The molecule has 0 unspecified atom stereocenters. The molecule has 2 aliphatic rings. The van der Waals surface area contributed by atoms with Crippen molar-refractivity contribution in [2.24, 2.45) is 11.8 Å². The second-order valence-electron chi connectivity index (χ2n) is 8.49. The van der Waals surface area contributed by atoms with E-state index in [0.717, 1.165) is 24.0 Å². The van der Waals surface area contributed by atoms with Gasteiger partial charge in [0.2, 0.25) is 10.0 Å². The molecule has 0 bridgehead atoms. The van der Waals surface area contributed by atoms with Crippen LogP contribution < -0.4 is 0 Å². The van der Waals surface area contributed by atoms with E-state index in [2.05, 4.69) is 26.0 Å². The molecule has 150 valence electrons. The maximum absolute atomic E-state index is 13.8. The molecule has 2 aliphatic heterocycles. The largest absolute Gasteiger partial charge is 0.376 e. The van der Waals surface area contributed by atoms with Crippen molar-refractivity contribution in [2.75, 3.05) is 6.61 Å². The Balaban J connectivity index is 1.84. The number of hydrogen-bond donors (Lipinski definition) is 0. The van der Waals surface area contributed by atoms with Crippen molar-refractivity contribution in [2.45, 2.75) is 56.7 Å². The summed E-state index contributed by atoms with van der Waals surface area (Å²) in [6.45, 7) is 6.98. The van der Waals surface area contributed by atoms with E-state index in [1.165, 1.54) is 0 Å². The predicted octanol–water partition coefficient (Wildman–Crippen LogP) is 4.56. The highest BCUT2D eigenvalue weighted by molar-refractivity contribution is 7.89. The molecule has 4 atom stereocenters. The summed E-state index contributed by atoms with van der Waals surface area (Å²) in [6.07, 6.45) is 1.67. The van der Waals surface area contributed by atoms with Gasteiger partial charge in [-0.05, 0) is 43.4 Å². The van der Waals surface area contributed by atoms with Gasteiger partial charge in [0.25, 0.3) is 0 Å². The van der Waals surface area contributed by atoms with Crippen LogP contribution in [0.3, 0.4) is 0 Å². The first kappa shape index (κ1) is 19.6. The smallest absolute Gasteiger partial charge is 0.243 e. The molecule has 0 aliphatic carbocycles. The monoisotopic (exact) mass is 399 g/mol. The topological polar surface area (TPSA) is 46.6 Å². The van der Waals surface area contributed by atoms with E-state index in [4.69, 9.17) is 4.74 Å². The van der Waals surface area contributed by atoms with E-state index >= 15 is 0 Å². The van der Waals surface area contributed by atoms with Gasteiger partial charge in [-0.25, -0.2) is 8.42 Å². The van der Waals surface area contributed by atoms with Gasteiger partial charge in [-0.2, -0.15) is 4.31 Å². The second-order valence-corrected chi connectivity index (χ2v) is 10.3. The molecule has 4 rings (SSSR count). The van der Waals surface area contributed by atoms with E-state index < -0.39 is 10.0 Å². The number of fused-ring (bicyclic) bond motifs is 1. The molecule has 0 spiro atoms. The molecule has 0 radical (unpaired) electrons. The van der Waals surface area contributed by atoms with Crippen molar-refractivity contribution in [3.8, 4) is 0 Å². The first-order chi connectivity index (χ1) is 13.4. The molecule has 5 heteroatoms. The predicted molar refractivity (Wildman–Crippen MR) is 110 cm³/mol. The minimum atomic E-state index is -3.64. The fraction of sp³-hybridized carbons (Fsp3) is 0.478. The maximum Gasteiger partial charge on any atom is 0.243 e. The van der Waals surface area contributed by atoms with E-state index in [-0.39, 0.29) is 24.1 Å². The average molecular weight is 400 g/mol. The van der Waals surface area contributed by atoms with Gasteiger partial charge in [0, 0.05) is 12.5 Å². The van der Waals surface area contributed by atoms with Crippen LogP contribution in [0.25, 0.3) is 0 Å². The Labute approximate surface area is 168 Å². The third kappa shape index (κ3) is 3.40. The molecule has 4 nitrogen and oxygen atoms in total. The van der Waals surface area contributed by atoms with Crippen LogP contribution in [0.1, 0.15) is 43.9 Å². The summed E-state index contributed by atoms with van der Waals surface area (Å²) in [5.41, 5.74) is 2.11. The molecule has 0 aromatic heterocycles. The highest BCUT2D eigenvalue weighted by Crippen LogP contribution is 2.51. The molecule has 0 amide bonds. The van der Waals surface area contributed by atoms with Gasteiger partial charge >= 0.3 is 0 Å². The molecule has 2 saturated heterocycles. The molecular weight excluding hydrogens is 370 g/mol. The number of sulfonamides is 1. The van der Waals surface area contributed by atoms with Crippen LogP contribution in [-0.2, 0) is 14.8 Å². The lowest BCUT2D eigenvalue weighted by Crippen LogP contribution is -2.42. The molecule has 0 N–H and O–H groups in total. The number of ether oxygens (including phenoxy) is 1. The van der Waals surface area contributed by atoms with Gasteiger partial charge < -0.3 is 4.74 Å². The molecule has 0 saturated carbocycles. The van der Waals surface area contributed by atoms with E-state index in [1.54, 1.807) is 16.4 Å². The zero-order valence-corrected chi connectivity index (χ0v) is 17.6. The maximum atomic E-state index is 13.8. The second kappa shape index (κ2) is 7.62. The zero-order chi connectivity index (χ0) is 19.9. The van der Waals surface area contributed by atoms with Crippen molar-refractivity contribution in [1.29, 1.82) is 0 Å². The third-order valence-corrected chi connectivity index (χ3v) is 7.94. The van der Waals surface area contributed by atoms with Crippen molar-refractivity contribution in [3.05, 3.63) is 65.7 Å². The Bertz CT molecular complexity index is 909. The van der Waals surface area contributed by atoms with Crippen LogP contribution >= 0.6 is 0 Å². The van der Waals surface area contributed by atoms with Crippen LogP contribution in [0.4, 0.5) is 0 Å². The number of aryl methyl sites for hydroxylation is 1. The van der Waals surface area contributed by atoms with Crippen molar-refractivity contribution in [1.82, 2.24) is 4.31 Å². The minimum Gasteiger partial charge on any atom is -0.376 e. The van der Waals surface area contributed by atoms with Crippen LogP contribution in [0.5, 0.6) is 0 Å². The zero-order valence-electron chi connectivity index (χ0n) is 16.8. The van der Waals surface area contributed by atoms with Gasteiger partial charge in [-0.1, -0.05) is 61.9 Å². The standard InChI is InChI=1S/C23H29NO3S/c1-16(2)15-21-23-20(13-14-27-23)22(18-7-5-4-6-8-18)24(21)28(25,26)19-11-9-17(3)10-12-19/h4-12,16,20-23H,13-15H2,1-3H3/t20-,21-,22-,23-/m0/s1. The quantitative estimate of drug-likeness (QED) is 0.740. The van der Waals surface area contributed by atoms with Crippen LogP contribution in [0.15, 0.2) is 59.5 Å². The lowest BCUT2D eigenvalue weighted by Gasteiger charge is -2.32. The number of nitrogens with zero attached hydrogens (tertiary/aromatic N) is 1. The van der Waals surface area contributed by atoms with Crippen molar-refractivity contribution < 1.29 is 13.2 Å². The van der Waals surface area contributed by atoms with Crippen molar-refractivity contribution >= 4 is 10.0 Å². The summed E-state index contributed by atoms with van der Waals surface area (Å²) in [5.74, 6) is 0.589. The summed E-state index contributed by atoms with van der Waals surface area (Å²) in [4.78, 5) is 0.368. The highest BCUT2D eigenvalue weighted by atomic mass is 32.2. The summed E-state index contributed by atoms with van der Waals surface area (Å²) in [5, 5.41) is 0. The summed E-state index contributed by atoms with van der Waals surface area (Å²) < 4.78 is 35.5. The first-order valence-electron chi connectivity index (χ1n) is 10.2. The molecule has 2 aromatic carbocycles. The Morgan fingerprint density at radius 2 is 1.75 bits per heavy atom. The minimum absolute atomic E-state index is 0.0344. The number of benzene rings is 2. The van der Waals surface area contributed by atoms with Gasteiger partial charge in [0.1, 0.15) is 0 Å². The molecule has 2 heterocycles. The third-order valence-electron chi connectivity index (χ3n) is 6.02. The lowest BCUT2D eigenvalue weighted by molar-refractivity contribution is 0.0668. The highest BCUT2D eigenvalue weighted by Gasteiger charge is 2.56. The van der Waals surface area contributed by atoms with E-state index in [1.807, 2.05) is 37.3 Å². The Hall–Kier alpha value is -1.69. The van der Waals surface area contributed by atoms with Crippen LogP contribution in [0.2, 0.25) is 0 Å². The Morgan fingerprint density at radius 1 is 1.07 bits per heavy atom. The van der Waals surface area contributed by atoms with Crippen molar-refractivity contribution in [3.63, 3.8) is 0 Å². The van der Waals surface area contributed by atoms with E-state index in [9.17, 15) is 8.42 Å². The molecule has 2 aromatic rings. The normalized spacial score (nSPS) is 28.0. The molecular formula is C23H29NO3S. The molecule has 2 fully saturated rings. The lowest BCUT2D eigenvalue weighted by atomic mass is 9.89. The Morgan fingerprint density at radius 3 is 2.39 bits per heavy atom. The van der Waals surface area contributed by atoms with E-state index in [0.29, 0.717) is 17.4 Å². The number of hydrogen-bond acceptors (Lipinski definition) is 3.